The van der Waals surface area contributed by atoms with E-state index in [-0.39, 0.29) is 5.91 Å². The van der Waals surface area contributed by atoms with E-state index in [0.29, 0.717) is 35.2 Å². The van der Waals surface area contributed by atoms with Gasteiger partial charge in [-0.3, -0.25) is 9.78 Å². The second-order valence-electron chi connectivity index (χ2n) is 6.49. The molecule has 0 saturated carbocycles. The predicted molar refractivity (Wildman–Crippen MR) is 107 cm³/mol. The molecule has 27 heavy (non-hydrogen) atoms. The van der Waals surface area contributed by atoms with Crippen molar-refractivity contribution >= 4 is 23.6 Å². The molecule has 0 spiro atoms. The Morgan fingerprint density at radius 2 is 1.93 bits per heavy atom. The van der Waals surface area contributed by atoms with Gasteiger partial charge in [0.15, 0.2) is 11.5 Å². The van der Waals surface area contributed by atoms with Crippen LogP contribution in [0.5, 0.6) is 11.5 Å². The molecule has 1 saturated heterocycles. The fraction of sp³-hybridized carbons (Fsp3) is 0.333. The van der Waals surface area contributed by atoms with Gasteiger partial charge in [0.2, 0.25) is 0 Å². The molecule has 142 valence electrons. The van der Waals surface area contributed by atoms with E-state index in [1.54, 1.807) is 12.1 Å². The van der Waals surface area contributed by atoms with Crippen molar-refractivity contribution in [3.05, 3.63) is 57.9 Å². The Hall–Kier alpha value is -2.53. The van der Waals surface area contributed by atoms with Crippen molar-refractivity contribution in [2.45, 2.75) is 19.8 Å². The molecule has 5 nitrogen and oxygen atoms in total. The molecule has 6 heteroatoms. The second-order valence-corrected chi connectivity index (χ2v) is 6.90. The van der Waals surface area contributed by atoms with Crippen molar-refractivity contribution in [1.82, 2.24) is 9.88 Å². The van der Waals surface area contributed by atoms with E-state index >= 15 is 0 Å². The van der Waals surface area contributed by atoms with Crippen molar-refractivity contribution in [2.24, 2.45) is 0 Å². The second kappa shape index (κ2) is 8.44. The summed E-state index contributed by atoms with van der Waals surface area (Å²) >= 11 is 6.23. The van der Waals surface area contributed by atoms with Crippen LogP contribution in [0.15, 0.2) is 35.9 Å². The molecule has 1 aromatic heterocycles. The number of hydrogen-bond acceptors (Lipinski definition) is 4. The van der Waals surface area contributed by atoms with Crippen LogP contribution in [0.4, 0.5) is 0 Å². The van der Waals surface area contributed by atoms with Crippen molar-refractivity contribution in [3.8, 4) is 11.5 Å². The molecule has 0 atom stereocenters. The standard InChI is InChI=1S/C21H23ClN2O3/c1-14-5-4-6-17(23-14)11-15-7-9-24(10-8-15)21(25)16-12-18(22)20(27-3)19(13-16)26-2/h4-6,11-13H,7-10H2,1-3H3. The fourth-order valence-corrected chi connectivity index (χ4v) is 3.51. The largest absolute Gasteiger partial charge is 0.493 e. The Labute approximate surface area is 164 Å². The molecule has 1 aromatic carbocycles. The number of aromatic nitrogens is 1. The van der Waals surface area contributed by atoms with Gasteiger partial charge < -0.3 is 14.4 Å². The normalized spacial score (nSPS) is 14.1. The number of likely N-dealkylation sites (tertiary alicyclic amines) is 1. The molecule has 0 bridgehead atoms. The summed E-state index contributed by atoms with van der Waals surface area (Å²) in [6.45, 7) is 3.32. The zero-order valence-corrected chi connectivity index (χ0v) is 16.5. The number of pyridine rings is 1. The minimum Gasteiger partial charge on any atom is -0.493 e. The van der Waals surface area contributed by atoms with E-state index in [1.165, 1.54) is 19.8 Å². The number of aryl methyl sites for hydroxylation is 1. The molecular formula is C21H23ClN2O3. The Bertz CT molecular complexity index is 870. The highest BCUT2D eigenvalue weighted by molar-refractivity contribution is 6.32. The Morgan fingerprint density at radius 1 is 1.19 bits per heavy atom. The number of hydrogen-bond donors (Lipinski definition) is 0. The average molecular weight is 387 g/mol. The number of methoxy groups -OCH3 is 2. The molecule has 0 N–H and O–H groups in total. The highest BCUT2D eigenvalue weighted by atomic mass is 35.5. The van der Waals surface area contributed by atoms with Gasteiger partial charge >= 0.3 is 0 Å². The van der Waals surface area contributed by atoms with Crippen LogP contribution in [0.2, 0.25) is 5.02 Å². The van der Waals surface area contributed by atoms with Crippen LogP contribution in [0.3, 0.4) is 0 Å². The summed E-state index contributed by atoms with van der Waals surface area (Å²) < 4.78 is 10.5. The first-order valence-electron chi connectivity index (χ1n) is 8.85. The van der Waals surface area contributed by atoms with Gasteiger partial charge in [-0.25, -0.2) is 0 Å². The molecule has 2 heterocycles. The number of carbonyl (C=O) groups excluding carboxylic acids is 1. The summed E-state index contributed by atoms with van der Waals surface area (Å²) in [7, 11) is 3.05. The SMILES string of the molecule is COc1cc(C(=O)N2CCC(=Cc3cccc(C)n3)CC2)cc(Cl)c1OC. The third-order valence-corrected chi connectivity index (χ3v) is 4.92. The summed E-state index contributed by atoms with van der Waals surface area (Å²) in [6.07, 6.45) is 3.80. The van der Waals surface area contributed by atoms with Crippen molar-refractivity contribution < 1.29 is 14.3 Å². The molecule has 2 aromatic rings. The number of rotatable bonds is 4. The maximum Gasteiger partial charge on any atom is 0.254 e. The lowest BCUT2D eigenvalue weighted by Gasteiger charge is -2.29. The summed E-state index contributed by atoms with van der Waals surface area (Å²) in [5, 5.41) is 0.364. The predicted octanol–water partition coefficient (Wildman–Crippen LogP) is 4.38. The van der Waals surface area contributed by atoms with Crippen molar-refractivity contribution in [1.29, 1.82) is 0 Å². The average Bonchev–Trinajstić information content (AvgIpc) is 2.67. The summed E-state index contributed by atoms with van der Waals surface area (Å²) in [6, 6.07) is 9.30. The third-order valence-electron chi connectivity index (χ3n) is 4.64. The Kier molecular flexibility index (Phi) is 6.01. The van der Waals surface area contributed by atoms with Crippen LogP contribution in [-0.2, 0) is 0 Å². The number of nitrogens with zero attached hydrogens (tertiary/aromatic N) is 2. The van der Waals surface area contributed by atoms with Crippen molar-refractivity contribution in [3.63, 3.8) is 0 Å². The molecule has 1 aliphatic heterocycles. The van der Waals surface area contributed by atoms with Crippen LogP contribution < -0.4 is 9.47 Å². The molecule has 3 rings (SSSR count). The van der Waals surface area contributed by atoms with Gasteiger partial charge in [-0.1, -0.05) is 23.2 Å². The first-order chi connectivity index (χ1) is 13.0. The Balaban J connectivity index is 1.71. The van der Waals surface area contributed by atoms with Crippen LogP contribution in [0.1, 0.15) is 34.6 Å². The van der Waals surface area contributed by atoms with Gasteiger partial charge in [-0.2, -0.15) is 0 Å². The first-order valence-corrected chi connectivity index (χ1v) is 9.23. The number of halogens is 1. The summed E-state index contributed by atoms with van der Waals surface area (Å²) in [5.74, 6) is 0.840. The molecule has 1 amide bonds. The minimum absolute atomic E-state index is 0.0504. The van der Waals surface area contributed by atoms with Crippen LogP contribution >= 0.6 is 11.6 Å². The number of piperidine rings is 1. The van der Waals surface area contributed by atoms with E-state index in [1.807, 2.05) is 30.0 Å². The first kappa shape index (κ1) is 19.2. The lowest BCUT2D eigenvalue weighted by molar-refractivity contribution is 0.0743. The van der Waals surface area contributed by atoms with Gasteiger partial charge in [-0.15, -0.1) is 0 Å². The zero-order chi connectivity index (χ0) is 19.4. The van der Waals surface area contributed by atoms with Crippen molar-refractivity contribution in [2.75, 3.05) is 27.3 Å². The molecule has 0 aliphatic carbocycles. The van der Waals surface area contributed by atoms with Crippen LogP contribution in [0.25, 0.3) is 6.08 Å². The smallest absolute Gasteiger partial charge is 0.254 e. The van der Waals surface area contributed by atoms with E-state index in [0.717, 1.165) is 24.2 Å². The van der Waals surface area contributed by atoms with Gasteiger partial charge in [0.25, 0.3) is 5.91 Å². The molecular weight excluding hydrogens is 364 g/mol. The number of benzene rings is 1. The number of carbonyl (C=O) groups is 1. The third kappa shape index (κ3) is 4.42. The zero-order valence-electron chi connectivity index (χ0n) is 15.8. The number of ether oxygens (including phenoxy) is 2. The highest BCUT2D eigenvalue weighted by Gasteiger charge is 2.23. The topological polar surface area (TPSA) is 51.7 Å². The fourth-order valence-electron chi connectivity index (χ4n) is 3.22. The molecule has 0 radical (unpaired) electrons. The number of amides is 1. The highest BCUT2D eigenvalue weighted by Crippen LogP contribution is 2.36. The van der Waals surface area contributed by atoms with Gasteiger partial charge in [0, 0.05) is 24.3 Å². The lowest BCUT2D eigenvalue weighted by Crippen LogP contribution is -2.36. The molecule has 0 unspecified atom stereocenters. The van der Waals surface area contributed by atoms with E-state index in [9.17, 15) is 4.79 Å². The van der Waals surface area contributed by atoms with Crippen LogP contribution in [0, 0.1) is 6.92 Å². The van der Waals surface area contributed by atoms with E-state index < -0.39 is 0 Å². The summed E-state index contributed by atoms with van der Waals surface area (Å²) in [4.78, 5) is 19.2. The maximum atomic E-state index is 12.9. The van der Waals surface area contributed by atoms with E-state index in [4.69, 9.17) is 21.1 Å². The molecule has 1 aliphatic rings. The Morgan fingerprint density at radius 3 is 2.56 bits per heavy atom. The minimum atomic E-state index is -0.0504. The van der Waals surface area contributed by atoms with Gasteiger partial charge in [0.05, 0.1) is 24.9 Å². The quantitative estimate of drug-likeness (QED) is 0.782. The van der Waals surface area contributed by atoms with E-state index in [2.05, 4.69) is 11.1 Å². The van der Waals surface area contributed by atoms with Gasteiger partial charge in [0.1, 0.15) is 0 Å². The van der Waals surface area contributed by atoms with Gasteiger partial charge in [-0.05, 0) is 50.1 Å². The van der Waals surface area contributed by atoms with Crippen LogP contribution in [-0.4, -0.2) is 43.1 Å². The molecule has 1 fully saturated rings. The lowest BCUT2D eigenvalue weighted by atomic mass is 10.0. The maximum absolute atomic E-state index is 12.9. The summed E-state index contributed by atoms with van der Waals surface area (Å²) in [5.41, 5.74) is 3.78. The monoisotopic (exact) mass is 386 g/mol.